The van der Waals surface area contributed by atoms with Crippen molar-refractivity contribution in [3.8, 4) is 0 Å². The van der Waals surface area contributed by atoms with E-state index in [1.807, 2.05) is 20.8 Å². The SMILES string of the molecule is CCC(C)OCC(=O)NC(C(=O)O)C(C)CC. The van der Waals surface area contributed by atoms with Crippen molar-refractivity contribution in [2.75, 3.05) is 6.61 Å². The van der Waals surface area contributed by atoms with Crippen molar-refractivity contribution in [3.63, 3.8) is 0 Å². The monoisotopic (exact) mass is 245 g/mol. The van der Waals surface area contributed by atoms with E-state index in [4.69, 9.17) is 9.84 Å². The maximum absolute atomic E-state index is 11.5. The number of carbonyl (C=O) groups is 2. The summed E-state index contributed by atoms with van der Waals surface area (Å²) >= 11 is 0. The van der Waals surface area contributed by atoms with E-state index in [9.17, 15) is 9.59 Å². The van der Waals surface area contributed by atoms with Crippen molar-refractivity contribution in [2.24, 2.45) is 5.92 Å². The first kappa shape index (κ1) is 15.9. The van der Waals surface area contributed by atoms with Crippen LogP contribution in [0.2, 0.25) is 0 Å². The summed E-state index contributed by atoms with van der Waals surface area (Å²) < 4.78 is 5.24. The number of hydrogen-bond donors (Lipinski definition) is 2. The Bertz CT molecular complexity index is 255. The Balaban J connectivity index is 4.18. The second kappa shape index (κ2) is 8.06. The standard InChI is InChI=1S/C12H23NO4/c1-5-8(3)11(12(15)16)13-10(14)7-17-9(4)6-2/h8-9,11H,5-7H2,1-4H3,(H,13,14)(H,15,16). The molecule has 5 nitrogen and oxygen atoms in total. The lowest BCUT2D eigenvalue weighted by molar-refractivity contribution is -0.144. The minimum absolute atomic E-state index is 0.00706. The number of carboxylic acid groups (broad SMARTS) is 1. The normalized spacial score (nSPS) is 16.0. The maximum Gasteiger partial charge on any atom is 0.326 e. The molecule has 0 aromatic heterocycles. The highest BCUT2D eigenvalue weighted by molar-refractivity contribution is 5.84. The highest BCUT2D eigenvalue weighted by Crippen LogP contribution is 2.07. The Labute approximate surface area is 103 Å². The van der Waals surface area contributed by atoms with Gasteiger partial charge in [-0.25, -0.2) is 4.79 Å². The number of rotatable bonds is 8. The Morgan fingerprint density at radius 2 is 1.82 bits per heavy atom. The van der Waals surface area contributed by atoms with Crippen LogP contribution >= 0.6 is 0 Å². The first-order valence-electron chi connectivity index (χ1n) is 6.06. The van der Waals surface area contributed by atoms with Gasteiger partial charge in [-0.05, 0) is 19.3 Å². The van der Waals surface area contributed by atoms with Gasteiger partial charge < -0.3 is 15.2 Å². The van der Waals surface area contributed by atoms with Crippen LogP contribution < -0.4 is 5.32 Å². The summed E-state index contributed by atoms with van der Waals surface area (Å²) in [5, 5.41) is 11.5. The van der Waals surface area contributed by atoms with Gasteiger partial charge in [-0.2, -0.15) is 0 Å². The molecular formula is C12H23NO4. The minimum atomic E-state index is -1.00. The fourth-order valence-electron chi connectivity index (χ4n) is 1.23. The van der Waals surface area contributed by atoms with E-state index >= 15 is 0 Å². The van der Waals surface area contributed by atoms with Crippen LogP contribution in [0.15, 0.2) is 0 Å². The van der Waals surface area contributed by atoms with E-state index in [1.165, 1.54) is 0 Å². The second-order valence-electron chi connectivity index (χ2n) is 4.30. The molecule has 3 unspecified atom stereocenters. The molecule has 0 aliphatic rings. The predicted molar refractivity (Wildman–Crippen MR) is 64.7 cm³/mol. The minimum Gasteiger partial charge on any atom is -0.480 e. The van der Waals surface area contributed by atoms with Crippen LogP contribution in [0, 0.1) is 5.92 Å². The topological polar surface area (TPSA) is 75.6 Å². The lowest BCUT2D eigenvalue weighted by Crippen LogP contribution is -2.46. The number of nitrogens with one attached hydrogen (secondary N) is 1. The molecule has 1 amide bonds. The molecule has 0 aromatic rings. The average Bonchev–Trinajstić information content (AvgIpc) is 2.31. The first-order valence-corrected chi connectivity index (χ1v) is 6.06. The highest BCUT2D eigenvalue weighted by atomic mass is 16.5. The van der Waals surface area contributed by atoms with Crippen LogP contribution in [0.3, 0.4) is 0 Å². The van der Waals surface area contributed by atoms with Crippen molar-refractivity contribution in [1.29, 1.82) is 0 Å². The Morgan fingerprint density at radius 3 is 2.24 bits per heavy atom. The highest BCUT2D eigenvalue weighted by Gasteiger charge is 2.25. The number of hydrogen-bond acceptors (Lipinski definition) is 3. The number of ether oxygens (including phenoxy) is 1. The van der Waals surface area contributed by atoms with Gasteiger partial charge in [-0.3, -0.25) is 4.79 Å². The molecule has 0 radical (unpaired) electrons. The lowest BCUT2D eigenvalue weighted by atomic mass is 9.99. The van der Waals surface area contributed by atoms with E-state index < -0.39 is 12.0 Å². The smallest absolute Gasteiger partial charge is 0.326 e. The molecule has 0 bridgehead atoms. The molecule has 0 heterocycles. The number of carbonyl (C=O) groups excluding carboxylic acids is 1. The Kier molecular flexibility index (Phi) is 7.54. The molecule has 0 fully saturated rings. The van der Waals surface area contributed by atoms with E-state index in [2.05, 4.69) is 5.32 Å². The fraction of sp³-hybridized carbons (Fsp3) is 0.833. The van der Waals surface area contributed by atoms with Gasteiger partial charge in [0, 0.05) is 0 Å². The molecule has 0 aliphatic heterocycles. The zero-order chi connectivity index (χ0) is 13.4. The molecule has 3 atom stereocenters. The van der Waals surface area contributed by atoms with Gasteiger partial charge in [0.05, 0.1) is 6.10 Å². The van der Waals surface area contributed by atoms with Crippen LogP contribution in [-0.2, 0) is 14.3 Å². The van der Waals surface area contributed by atoms with Gasteiger partial charge in [-0.15, -0.1) is 0 Å². The van der Waals surface area contributed by atoms with Gasteiger partial charge in [-0.1, -0.05) is 27.2 Å². The zero-order valence-corrected chi connectivity index (χ0v) is 11.0. The zero-order valence-electron chi connectivity index (χ0n) is 11.0. The van der Waals surface area contributed by atoms with E-state index in [0.717, 1.165) is 6.42 Å². The molecule has 0 rings (SSSR count). The summed E-state index contributed by atoms with van der Waals surface area (Å²) in [6.45, 7) is 7.44. The second-order valence-corrected chi connectivity index (χ2v) is 4.30. The molecule has 2 N–H and O–H groups in total. The van der Waals surface area contributed by atoms with Crippen molar-refractivity contribution >= 4 is 11.9 Å². The molecule has 17 heavy (non-hydrogen) atoms. The van der Waals surface area contributed by atoms with Gasteiger partial charge >= 0.3 is 5.97 Å². The quantitative estimate of drug-likeness (QED) is 0.678. The van der Waals surface area contributed by atoms with Crippen LogP contribution in [0.5, 0.6) is 0 Å². The van der Waals surface area contributed by atoms with Crippen LogP contribution in [-0.4, -0.2) is 35.7 Å². The van der Waals surface area contributed by atoms with Crippen LogP contribution in [0.4, 0.5) is 0 Å². The number of carboxylic acids is 1. The molecule has 0 aliphatic carbocycles. The van der Waals surface area contributed by atoms with Crippen LogP contribution in [0.25, 0.3) is 0 Å². The molecule has 0 aromatic carbocycles. The first-order chi connectivity index (χ1) is 7.92. The third kappa shape index (κ3) is 6.26. The summed E-state index contributed by atoms with van der Waals surface area (Å²) in [4.78, 5) is 22.5. The summed E-state index contributed by atoms with van der Waals surface area (Å²) in [5.41, 5.74) is 0. The van der Waals surface area contributed by atoms with E-state index in [-0.39, 0.29) is 24.5 Å². The largest absolute Gasteiger partial charge is 0.480 e. The van der Waals surface area contributed by atoms with Crippen LogP contribution in [0.1, 0.15) is 40.5 Å². The Morgan fingerprint density at radius 1 is 1.24 bits per heavy atom. The summed E-state index contributed by atoms with van der Waals surface area (Å²) in [5.74, 6) is -1.48. The lowest BCUT2D eigenvalue weighted by Gasteiger charge is -2.20. The van der Waals surface area contributed by atoms with Crippen molar-refractivity contribution in [3.05, 3.63) is 0 Å². The van der Waals surface area contributed by atoms with E-state index in [1.54, 1.807) is 6.92 Å². The summed E-state index contributed by atoms with van der Waals surface area (Å²) in [7, 11) is 0. The summed E-state index contributed by atoms with van der Waals surface area (Å²) in [6.07, 6.45) is 1.53. The molecule has 0 spiro atoms. The third-order valence-electron chi connectivity index (χ3n) is 2.87. The van der Waals surface area contributed by atoms with Gasteiger partial charge in [0.1, 0.15) is 12.6 Å². The molecule has 0 saturated carbocycles. The molecule has 0 saturated heterocycles. The van der Waals surface area contributed by atoms with Gasteiger partial charge in [0.15, 0.2) is 0 Å². The molecular weight excluding hydrogens is 222 g/mol. The Hall–Kier alpha value is -1.10. The number of aliphatic carboxylic acids is 1. The molecule has 5 heteroatoms. The average molecular weight is 245 g/mol. The van der Waals surface area contributed by atoms with Crippen molar-refractivity contribution in [1.82, 2.24) is 5.32 Å². The van der Waals surface area contributed by atoms with Crippen molar-refractivity contribution < 1.29 is 19.4 Å². The van der Waals surface area contributed by atoms with Gasteiger partial charge in [0.25, 0.3) is 0 Å². The summed E-state index contributed by atoms with van der Waals surface area (Å²) in [6, 6.07) is -0.840. The maximum atomic E-state index is 11.5. The predicted octanol–water partition coefficient (Wildman–Crippen LogP) is 1.42. The van der Waals surface area contributed by atoms with E-state index in [0.29, 0.717) is 6.42 Å². The van der Waals surface area contributed by atoms with Gasteiger partial charge in [0.2, 0.25) is 5.91 Å². The fourth-order valence-corrected chi connectivity index (χ4v) is 1.23. The van der Waals surface area contributed by atoms with Crippen molar-refractivity contribution in [2.45, 2.75) is 52.7 Å². The number of amides is 1. The third-order valence-corrected chi connectivity index (χ3v) is 2.87. The molecule has 100 valence electrons.